The van der Waals surface area contributed by atoms with Crippen molar-refractivity contribution in [3.8, 4) is 0 Å². The molecule has 0 fully saturated rings. The van der Waals surface area contributed by atoms with Crippen LogP contribution in [0.2, 0.25) is 58.9 Å². The second kappa shape index (κ2) is 10.3. The predicted molar refractivity (Wildman–Crippen MR) is 187 cm³/mol. The smallest absolute Gasteiger partial charge is 0.149 e. The van der Waals surface area contributed by atoms with E-state index in [0.717, 1.165) is 0 Å². The van der Waals surface area contributed by atoms with Crippen molar-refractivity contribution in [3.05, 3.63) is 69.8 Å². The van der Waals surface area contributed by atoms with Crippen LogP contribution in [0.4, 0.5) is 0 Å². The van der Waals surface area contributed by atoms with Crippen molar-refractivity contribution in [2.24, 2.45) is 0 Å². The first kappa shape index (κ1) is 31.3. The zero-order valence-corrected chi connectivity index (χ0v) is 31.6. The Labute approximate surface area is 243 Å². The summed E-state index contributed by atoms with van der Waals surface area (Å²) >= 11 is 8.44. The highest BCUT2D eigenvalue weighted by atomic mass is 35.6. The van der Waals surface area contributed by atoms with E-state index in [2.05, 4.69) is 137 Å². The van der Waals surface area contributed by atoms with E-state index in [1.54, 1.807) is 15.6 Å². The second-order valence-electron chi connectivity index (χ2n) is 14.7. The van der Waals surface area contributed by atoms with Gasteiger partial charge in [0.15, 0.2) is 0 Å². The molecule has 0 N–H and O–H groups in total. The van der Waals surface area contributed by atoms with Gasteiger partial charge in [0.2, 0.25) is 7.38 Å². The molecule has 0 aromatic heterocycles. The van der Waals surface area contributed by atoms with Gasteiger partial charge in [-0.15, -0.1) is 11.1 Å². The quantitative estimate of drug-likeness (QED) is 0.176. The van der Waals surface area contributed by atoms with E-state index in [1.807, 2.05) is 0 Å². The standard InChI is InChI=1S/C33H51ClSi4/c1-22-16-19-28(25(4)31(22)35(7,8)9)38(34,29-20-17-23(2)32(26(29)5)36(10,11)12)30-21-18-24(3)33(27(30)6)37(13,14)15/h16-21H,1-15H3. The van der Waals surface area contributed by atoms with Crippen molar-refractivity contribution in [2.75, 3.05) is 0 Å². The Hall–Kier alpha value is -1.18. The molecule has 206 valence electrons. The van der Waals surface area contributed by atoms with Crippen LogP contribution in [0.5, 0.6) is 0 Å². The number of hydrogen-bond acceptors (Lipinski definition) is 0. The normalized spacial score (nSPS) is 13.3. The van der Waals surface area contributed by atoms with Crippen molar-refractivity contribution in [1.29, 1.82) is 0 Å². The van der Waals surface area contributed by atoms with Crippen LogP contribution in [0.1, 0.15) is 33.4 Å². The first-order chi connectivity index (χ1) is 17.1. The molecule has 38 heavy (non-hydrogen) atoms. The lowest BCUT2D eigenvalue weighted by Crippen LogP contribution is -2.68. The fraction of sp³-hybridized carbons (Fsp3) is 0.455. The molecule has 3 aromatic rings. The molecular weight excluding hydrogens is 544 g/mol. The van der Waals surface area contributed by atoms with Gasteiger partial charge in [-0.1, -0.05) is 144 Å². The molecular formula is C33H51ClSi4. The van der Waals surface area contributed by atoms with E-state index < -0.39 is 31.6 Å². The van der Waals surface area contributed by atoms with Gasteiger partial charge in [0, 0.05) is 0 Å². The summed E-state index contributed by atoms with van der Waals surface area (Å²) in [5.41, 5.74) is 8.58. The third kappa shape index (κ3) is 5.41. The number of aryl methyl sites for hydroxylation is 3. The highest BCUT2D eigenvalue weighted by Crippen LogP contribution is 2.22. The summed E-state index contributed by atoms with van der Waals surface area (Å²) in [5, 5.41) is 8.92. The van der Waals surface area contributed by atoms with Crippen LogP contribution in [0.3, 0.4) is 0 Å². The maximum atomic E-state index is 8.44. The molecule has 0 aliphatic carbocycles. The summed E-state index contributed by atoms with van der Waals surface area (Å²) in [6.45, 7) is 36.3. The molecule has 0 amide bonds. The Morgan fingerprint density at radius 2 is 0.605 bits per heavy atom. The molecule has 0 radical (unpaired) electrons. The number of halogens is 1. The molecule has 0 aliphatic heterocycles. The fourth-order valence-electron chi connectivity index (χ4n) is 7.56. The highest BCUT2D eigenvalue weighted by Gasteiger charge is 2.44. The first-order valence-corrected chi connectivity index (χ1v) is 27.7. The van der Waals surface area contributed by atoms with Crippen molar-refractivity contribution in [2.45, 2.75) is 100 Å². The third-order valence-corrected chi connectivity index (χ3v) is 20.9. The van der Waals surface area contributed by atoms with Gasteiger partial charge < -0.3 is 0 Å². The van der Waals surface area contributed by atoms with E-state index >= 15 is 0 Å². The average molecular weight is 596 g/mol. The van der Waals surface area contributed by atoms with E-state index in [4.69, 9.17) is 11.1 Å². The molecule has 0 heterocycles. The topological polar surface area (TPSA) is 0 Å². The molecule has 0 saturated carbocycles. The van der Waals surface area contributed by atoms with Crippen LogP contribution >= 0.6 is 11.1 Å². The summed E-state index contributed by atoms with van der Waals surface area (Å²) in [6, 6.07) is 14.3. The minimum atomic E-state index is -2.87. The van der Waals surface area contributed by atoms with E-state index in [9.17, 15) is 0 Å². The summed E-state index contributed by atoms with van der Waals surface area (Å²) in [5.74, 6) is 0. The Morgan fingerprint density at radius 3 is 0.789 bits per heavy atom. The first-order valence-electron chi connectivity index (χ1n) is 14.2. The number of hydrogen-bond donors (Lipinski definition) is 0. The summed E-state index contributed by atoms with van der Waals surface area (Å²) < 4.78 is 0. The minimum absolute atomic E-state index is 1.39. The lowest BCUT2D eigenvalue weighted by molar-refractivity contribution is 1.41. The van der Waals surface area contributed by atoms with Gasteiger partial charge in [-0.05, 0) is 57.1 Å². The largest absolute Gasteiger partial charge is 0.248 e. The Kier molecular flexibility index (Phi) is 8.53. The molecule has 0 unspecified atom stereocenters. The Balaban J connectivity index is 2.62. The molecule has 0 spiro atoms. The molecule has 0 nitrogen and oxygen atoms in total. The maximum absolute atomic E-state index is 8.44. The summed E-state index contributed by atoms with van der Waals surface area (Å²) in [4.78, 5) is 0. The molecule has 0 bridgehead atoms. The molecule has 0 aliphatic rings. The van der Waals surface area contributed by atoms with Crippen LogP contribution in [0.15, 0.2) is 36.4 Å². The van der Waals surface area contributed by atoms with Gasteiger partial charge in [0.1, 0.15) is 0 Å². The highest BCUT2D eigenvalue weighted by molar-refractivity contribution is 7.41. The average Bonchev–Trinajstić information content (AvgIpc) is 2.70. The SMILES string of the molecule is Cc1ccc([Si](Cl)(c2ccc(C)c([Si](C)(C)C)c2C)c2ccc(C)c([Si](C)(C)C)c2C)c(C)c1[Si](C)(C)C. The number of benzene rings is 3. The lowest BCUT2D eigenvalue weighted by atomic mass is 10.1. The second-order valence-corrected chi connectivity index (χ2v) is 34.3. The maximum Gasteiger partial charge on any atom is 0.248 e. The van der Waals surface area contributed by atoms with Gasteiger partial charge in [0.05, 0.1) is 24.2 Å². The molecule has 5 heteroatoms. The monoisotopic (exact) mass is 594 g/mol. The van der Waals surface area contributed by atoms with Crippen LogP contribution in [0.25, 0.3) is 0 Å². The molecule has 0 atom stereocenters. The van der Waals surface area contributed by atoms with Crippen molar-refractivity contribution in [3.63, 3.8) is 0 Å². The molecule has 0 saturated heterocycles. The predicted octanol–water partition coefficient (Wildman–Crippen LogP) is 6.38. The van der Waals surface area contributed by atoms with E-state index in [0.29, 0.717) is 0 Å². The van der Waals surface area contributed by atoms with Crippen molar-refractivity contribution >= 4 is 73.8 Å². The molecule has 3 aromatic carbocycles. The Bertz CT molecular complexity index is 1210. The Morgan fingerprint density at radius 1 is 0.395 bits per heavy atom. The van der Waals surface area contributed by atoms with E-state index in [1.165, 1.54) is 48.9 Å². The minimum Gasteiger partial charge on any atom is -0.149 e. The fourth-order valence-corrected chi connectivity index (χ4v) is 21.1. The van der Waals surface area contributed by atoms with Gasteiger partial charge in [-0.2, -0.15) is 0 Å². The van der Waals surface area contributed by atoms with Gasteiger partial charge >= 0.3 is 0 Å². The van der Waals surface area contributed by atoms with Gasteiger partial charge in [-0.3, -0.25) is 0 Å². The van der Waals surface area contributed by atoms with Crippen LogP contribution < -0.4 is 31.1 Å². The summed E-state index contributed by atoms with van der Waals surface area (Å²) in [7, 11) is -7.62. The zero-order valence-electron chi connectivity index (χ0n) is 26.8. The van der Waals surface area contributed by atoms with Crippen molar-refractivity contribution < 1.29 is 0 Å². The van der Waals surface area contributed by atoms with E-state index in [-0.39, 0.29) is 0 Å². The van der Waals surface area contributed by atoms with Crippen LogP contribution in [-0.4, -0.2) is 31.6 Å². The van der Waals surface area contributed by atoms with Crippen LogP contribution in [0, 0.1) is 41.5 Å². The third-order valence-electron chi connectivity index (χ3n) is 8.38. The van der Waals surface area contributed by atoms with Gasteiger partial charge in [0.25, 0.3) is 0 Å². The molecule has 3 rings (SSSR count). The van der Waals surface area contributed by atoms with Crippen molar-refractivity contribution in [1.82, 2.24) is 0 Å². The van der Waals surface area contributed by atoms with Crippen LogP contribution in [-0.2, 0) is 0 Å². The lowest BCUT2D eigenvalue weighted by Gasteiger charge is -2.37. The zero-order chi connectivity index (χ0) is 29.2. The van der Waals surface area contributed by atoms with Gasteiger partial charge in [-0.25, -0.2) is 0 Å². The summed E-state index contributed by atoms with van der Waals surface area (Å²) in [6.07, 6.45) is 0. The number of rotatable bonds is 6.